The van der Waals surface area contributed by atoms with Gasteiger partial charge in [0, 0.05) is 9.21 Å². The molecule has 2 aromatic rings. The van der Waals surface area contributed by atoms with Crippen LogP contribution in [0.4, 0.5) is 0 Å². The molecule has 17 heavy (non-hydrogen) atoms. The van der Waals surface area contributed by atoms with Gasteiger partial charge in [0.25, 0.3) is 0 Å². The summed E-state index contributed by atoms with van der Waals surface area (Å²) in [6.07, 6.45) is 0. The van der Waals surface area contributed by atoms with E-state index in [1.54, 1.807) is 0 Å². The molecule has 0 aromatic heterocycles. The van der Waals surface area contributed by atoms with Gasteiger partial charge in [-0.3, -0.25) is 0 Å². The minimum absolute atomic E-state index is 0.398. The van der Waals surface area contributed by atoms with Crippen molar-refractivity contribution in [1.82, 2.24) is 0 Å². The number of rotatable bonds is 4. The summed E-state index contributed by atoms with van der Waals surface area (Å²) in [6, 6.07) is 20.1. The molecule has 0 aliphatic heterocycles. The molecular weight excluding hydrogens is 263 g/mol. The first-order valence-corrected chi connectivity index (χ1v) is 7.05. The maximum Gasteiger partial charge on any atom is 0.0479 e. The molecule has 84 valence electrons. The van der Waals surface area contributed by atoms with Crippen molar-refractivity contribution >= 4 is 42.2 Å². The fourth-order valence-corrected chi connectivity index (χ4v) is 3.33. The summed E-state index contributed by atoms with van der Waals surface area (Å²) >= 11 is 10.8. The molecule has 0 saturated carbocycles. The molecule has 0 fully saturated rings. The standard InChI is InChI=1S/C14H11PS2/c16-13(11-7-3-1-4-8-11)15-14(17)12-9-5-2-6-10-12/h1-10,15H. The van der Waals surface area contributed by atoms with Crippen molar-refractivity contribution in [1.29, 1.82) is 0 Å². The minimum Gasteiger partial charge on any atom is -0.0789 e. The van der Waals surface area contributed by atoms with Crippen molar-refractivity contribution in [2.75, 3.05) is 0 Å². The van der Waals surface area contributed by atoms with E-state index in [1.165, 1.54) is 0 Å². The van der Waals surface area contributed by atoms with Gasteiger partial charge in [-0.25, -0.2) is 0 Å². The van der Waals surface area contributed by atoms with Crippen LogP contribution in [0, 0.1) is 0 Å². The molecule has 0 spiro atoms. The summed E-state index contributed by atoms with van der Waals surface area (Å²) in [4.78, 5) is 0. The quantitative estimate of drug-likeness (QED) is 0.598. The van der Waals surface area contributed by atoms with Gasteiger partial charge in [0.1, 0.15) is 0 Å². The van der Waals surface area contributed by atoms with Crippen LogP contribution in [0.3, 0.4) is 0 Å². The van der Waals surface area contributed by atoms with Crippen molar-refractivity contribution in [3.05, 3.63) is 71.8 Å². The Morgan fingerprint density at radius 3 is 1.35 bits per heavy atom. The molecular formula is C14H11PS2. The van der Waals surface area contributed by atoms with Crippen LogP contribution in [-0.4, -0.2) is 9.21 Å². The largest absolute Gasteiger partial charge is 0.0789 e. The first-order chi connectivity index (χ1) is 8.27. The van der Waals surface area contributed by atoms with E-state index in [0.717, 1.165) is 20.3 Å². The smallest absolute Gasteiger partial charge is 0.0479 e. The molecule has 0 saturated heterocycles. The lowest BCUT2D eigenvalue weighted by Crippen LogP contribution is -1.95. The van der Waals surface area contributed by atoms with E-state index in [4.69, 9.17) is 24.4 Å². The van der Waals surface area contributed by atoms with Crippen molar-refractivity contribution in [2.45, 2.75) is 0 Å². The zero-order chi connectivity index (χ0) is 12.1. The monoisotopic (exact) mass is 274 g/mol. The van der Waals surface area contributed by atoms with Gasteiger partial charge in [0.05, 0.1) is 0 Å². The second-order valence-electron chi connectivity index (χ2n) is 3.52. The zero-order valence-corrected chi connectivity index (χ0v) is 11.7. The molecule has 0 amide bonds. The topological polar surface area (TPSA) is 0 Å². The molecule has 0 atom stereocenters. The summed E-state index contributed by atoms with van der Waals surface area (Å²) in [7, 11) is 0.398. The number of hydrogen-bond donors (Lipinski definition) is 0. The first kappa shape index (κ1) is 12.5. The van der Waals surface area contributed by atoms with Gasteiger partial charge >= 0.3 is 0 Å². The van der Waals surface area contributed by atoms with Crippen molar-refractivity contribution in [3.8, 4) is 0 Å². The predicted octanol–water partition coefficient (Wildman–Crippen LogP) is 4.42. The Morgan fingerprint density at radius 1 is 0.647 bits per heavy atom. The molecule has 0 aliphatic carbocycles. The van der Waals surface area contributed by atoms with E-state index in [-0.39, 0.29) is 0 Å². The van der Waals surface area contributed by atoms with Gasteiger partial charge in [0.2, 0.25) is 0 Å². The molecule has 0 unspecified atom stereocenters. The third-order valence-corrected chi connectivity index (χ3v) is 4.41. The normalized spacial score (nSPS) is 9.88. The Bertz CT molecular complexity index is 471. The van der Waals surface area contributed by atoms with Gasteiger partial charge in [-0.2, -0.15) is 0 Å². The lowest BCUT2D eigenvalue weighted by Gasteiger charge is -2.05. The van der Waals surface area contributed by atoms with Crippen LogP contribution in [0.25, 0.3) is 0 Å². The Morgan fingerprint density at radius 2 is 1.00 bits per heavy atom. The average molecular weight is 274 g/mol. The molecule has 0 bridgehead atoms. The van der Waals surface area contributed by atoms with E-state index in [0.29, 0.717) is 8.58 Å². The van der Waals surface area contributed by atoms with Crippen LogP contribution in [-0.2, 0) is 0 Å². The maximum atomic E-state index is 5.42. The average Bonchev–Trinajstić information content (AvgIpc) is 2.40. The van der Waals surface area contributed by atoms with Gasteiger partial charge in [-0.1, -0.05) is 85.1 Å². The van der Waals surface area contributed by atoms with Gasteiger partial charge in [-0.15, -0.1) is 0 Å². The summed E-state index contributed by atoms with van der Waals surface area (Å²) in [5.74, 6) is 0. The SMILES string of the molecule is S=C(PC(=S)c1ccccc1)c1ccccc1. The third-order valence-electron chi connectivity index (χ3n) is 2.30. The lowest BCUT2D eigenvalue weighted by molar-refractivity contribution is 1.68. The zero-order valence-electron chi connectivity index (χ0n) is 9.09. The Kier molecular flexibility index (Phi) is 4.49. The summed E-state index contributed by atoms with van der Waals surface area (Å²) in [5.41, 5.74) is 2.19. The van der Waals surface area contributed by atoms with E-state index in [9.17, 15) is 0 Å². The summed E-state index contributed by atoms with van der Waals surface area (Å²) in [6.45, 7) is 0. The Balaban J connectivity index is 2.08. The van der Waals surface area contributed by atoms with E-state index in [2.05, 4.69) is 0 Å². The van der Waals surface area contributed by atoms with Crippen LogP contribution in [0.5, 0.6) is 0 Å². The van der Waals surface area contributed by atoms with Crippen molar-refractivity contribution in [2.24, 2.45) is 0 Å². The minimum atomic E-state index is 0.398. The summed E-state index contributed by atoms with van der Waals surface area (Å²) < 4.78 is 1.86. The second kappa shape index (κ2) is 6.11. The molecule has 0 aliphatic rings. The first-order valence-electron chi connectivity index (χ1n) is 5.23. The molecule has 3 heteroatoms. The molecule has 2 rings (SSSR count). The highest BCUT2D eigenvalue weighted by Gasteiger charge is 2.06. The fraction of sp³-hybridized carbons (Fsp3) is 0. The molecule has 2 aromatic carbocycles. The van der Waals surface area contributed by atoms with Gasteiger partial charge in [-0.05, 0) is 19.7 Å². The number of hydrogen-bond acceptors (Lipinski definition) is 2. The maximum absolute atomic E-state index is 5.42. The van der Waals surface area contributed by atoms with Crippen LogP contribution in [0.2, 0.25) is 0 Å². The second-order valence-corrected chi connectivity index (χ2v) is 6.31. The Hall–Kier alpha value is -0.950. The van der Waals surface area contributed by atoms with Gasteiger partial charge < -0.3 is 0 Å². The highest BCUT2D eigenvalue weighted by atomic mass is 32.1. The third kappa shape index (κ3) is 3.50. The highest BCUT2D eigenvalue weighted by molar-refractivity contribution is 8.06. The predicted molar refractivity (Wildman–Crippen MR) is 84.6 cm³/mol. The van der Waals surface area contributed by atoms with Crippen molar-refractivity contribution in [3.63, 3.8) is 0 Å². The Labute approximate surface area is 114 Å². The molecule has 0 heterocycles. The van der Waals surface area contributed by atoms with Crippen LogP contribution in [0.1, 0.15) is 11.1 Å². The lowest BCUT2D eigenvalue weighted by atomic mass is 10.2. The fourth-order valence-electron chi connectivity index (χ4n) is 1.43. The molecule has 0 N–H and O–H groups in total. The van der Waals surface area contributed by atoms with Crippen LogP contribution >= 0.6 is 33.0 Å². The van der Waals surface area contributed by atoms with E-state index >= 15 is 0 Å². The number of benzene rings is 2. The van der Waals surface area contributed by atoms with E-state index < -0.39 is 0 Å². The molecule has 0 radical (unpaired) electrons. The van der Waals surface area contributed by atoms with Crippen LogP contribution in [0.15, 0.2) is 60.7 Å². The number of thiocarbonyl (C=S) groups is 2. The molecule has 0 nitrogen and oxygen atoms in total. The van der Waals surface area contributed by atoms with E-state index in [1.807, 2.05) is 60.7 Å². The highest BCUT2D eigenvalue weighted by Crippen LogP contribution is 2.26. The van der Waals surface area contributed by atoms with Gasteiger partial charge in [0.15, 0.2) is 0 Å². The van der Waals surface area contributed by atoms with Crippen LogP contribution < -0.4 is 0 Å². The van der Waals surface area contributed by atoms with Crippen molar-refractivity contribution < 1.29 is 0 Å². The summed E-state index contributed by atoms with van der Waals surface area (Å²) in [5, 5.41) is 0.